The first-order valence-electron chi connectivity index (χ1n) is 4.95. The minimum atomic E-state index is -0.982. The van der Waals surface area contributed by atoms with Crippen LogP contribution in [-0.2, 0) is 6.61 Å². The van der Waals surface area contributed by atoms with Crippen molar-refractivity contribution < 1.29 is 19.0 Å². The molecule has 1 aromatic carbocycles. The van der Waals surface area contributed by atoms with Gasteiger partial charge >= 0.3 is 5.97 Å². The molecule has 2 rings (SSSR count). The van der Waals surface area contributed by atoms with Gasteiger partial charge < -0.3 is 9.84 Å². The van der Waals surface area contributed by atoms with Crippen molar-refractivity contribution >= 4 is 33.2 Å². The molecule has 0 fully saturated rings. The molecule has 0 aliphatic heterocycles. The number of aromatic carboxylic acids is 1. The van der Waals surface area contributed by atoms with E-state index in [1.807, 2.05) is 0 Å². The number of ether oxygens (including phenoxy) is 1. The van der Waals surface area contributed by atoms with E-state index in [1.165, 1.54) is 12.1 Å². The zero-order valence-corrected chi connectivity index (χ0v) is 11.4. The number of carboxylic acids is 1. The Morgan fingerprint density at radius 2 is 2.22 bits per heavy atom. The van der Waals surface area contributed by atoms with Crippen molar-refractivity contribution in [2.75, 3.05) is 0 Å². The van der Waals surface area contributed by atoms with Crippen LogP contribution in [0.15, 0.2) is 34.1 Å². The number of hydrogen-bond donors (Lipinski definition) is 1. The highest BCUT2D eigenvalue weighted by molar-refractivity contribution is 9.10. The van der Waals surface area contributed by atoms with E-state index in [0.29, 0.717) is 15.8 Å². The average molecular weight is 331 g/mol. The molecule has 2 aromatic rings. The number of rotatable bonds is 4. The quantitative estimate of drug-likeness (QED) is 0.923. The average Bonchev–Trinajstić information content (AvgIpc) is 2.73. The van der Waals surface area contributed by atoms with Gasteiger partial charge in [0, 0.05) is 16.1 Å². The van der Waals surface area contributed by atoms with Crippen molar-refractivity contribution in [2.45, 2.75) is 6.61 Å². The highest BCUT2D eigenvalue weighted by atomic mass is 79.9. The van der Waals surface area contributed by atoms with E-state index in [1.54, 1.807) is 17.5 Å². The van der Waals surface area contributed by atoms with Gasteiger partial charge in [-0.3, -0.25) is 0 Å². The summed E-state index contributed by atoms with van der Waals surface area (Å²) in [6.45, 7) is 0.0982. The largest absolute Gasteiger partial charge is 0.489 e. The molecular weight excluding hydrogens is 323 g/mol. The van der Waals surface area contributed by atoms with Crippen molar-refractivity contribution in [1.29, 1.82) is 0 Å². The Morgan fingerprint density at radius 3 is 2.89 bits per heavy atom. The highest BCUT2D eigenvalue weighted by Crippen LogP contribution is 2.23. The van der Waals surface area contributed by atoms with Crippen LogP contribution in [0.3, 0.4) is 0 Å². The van der Waals surface area contributed by atoms with Gasteiger partial charge in [-0.1, -0.05) is 15.9 Å². The minimum absolute atomic E-state index is 0.0982. The fourth-order valence-corrected chi connectivity index (χ4v) is 2.60. The third kappa shape index (κ3) is 3.08. The summed E-state index contributed by atoms with van der Waals surface area (Å²) in [7, 11) is 0. The summed E-state index contributed by atoms with van der Waals surface area (Å²) in [5.74, 6) is -1.04. The standard InChI is InChI=1S/C12H8BrFO3S/c13-8-3-9(14)5-10(4-8)17-6-7-1-2-18-11(7)12(15)16/h1-5H,6H2,(H,15,16). The Balaban J connectivity index is 2.11. The van der Waals surface area contributed by atoms with E-state index in [9.17, 15) is 9.18 Å². The van der Waals surface area contributed by atoms with Crippen molar-refractivity contribution in [2.24, 2.45) is 0 Å². The molecule has 0 saturated heterocycles. The van der Waals surface area contributed by atoms with Crippen LogP contribution >= 0.6 is 27.3 Å². The first kappa shape index (κ1) is 13.0. The Kier molecular flexibility index (Phi) is 3.98. The monoisotopic (exact) mass is 330 g/mol. The molecule has 0 saturated carbocycles. The molecule has 0 amide bonds. The summed E-state index contributed by atoms with van der Waals surface area (Å²) < 4.78 is 19.0. The van der Waals surface area contributed by atoms with Crippen LogP contribution in [0.5, 0.6) is 5.75 Å². The molecule has 0 aliphatic carbocycles. The molecule has 18 heavy (non-hydrogen) atoms. The normalized spacial score (nSPS) is 10.3. The van der Waals surface area contributed by atoms with Gasteiger partial charge in [-0.15, -0.1) is 11.3 Å². The molecule has 1 aromatic heterocycles. The molecule has 1 heterocycles. The molecule has 1 N–H and O–H groups in total. The second-order valence-electron chi connectivity index (χ2n) is 3.47. The smallest absolute Gasteiger partial charge is 0.346 e. The van der Waals surface area contributed by atoms with Crippen molar-refractivity contribution in [3.8, 4) is 5.75 Å². The van der Waals surface area contributed by atoms with E-state index in [-0.39, 0.29) is 11.5 Å². The van der Waals surface area contributed by atoms with Crippen LogP contribution in [0.4, 0.5) is 4.39 Å². The Bertz CT molecular complexity index is 562. The molecule has 3 nitrogen and oxygen atoms in total. The zero-order chi connectivity index (χ0) is 13.1. The predicted octanol–water partition coefficient (Wildman–Crippen LogP) is 3.93. The summed E-state index contributed by atoms with van der Waals surface area (Å²) >= 11 is 4.29. The Hall–Kier alpha value is -1.40. The van der Waals surface area contributed by atoms with E-state index in [4.69, 9.17) is 9.84 Å². The topological polar surface area (TPSA) is 46.5 Å². The van der Waals surface area contributed by atoms with Gasteiger partial charge in [-0.25, -0.2) is 9.18 Å². The predicted molar refractivity (Wildman–Crippen MR) is 69.7 cm³/mol. The summed E-state index contributed by atoms with van der Waals surface area (Å²) in [5.41, 5.74) is 0.577. The molecule has 0 spiro atoms. The van der Waals surface area contributed by atoms with Gasteiger partial charge in [-0.05, 0) is 23.6 Å². The fraction of sp³-hybridized carbons (Fsp3) is 0.0833. The summed E-state index contributed by atoms with van der Waals surface area (Å²) in [4.78, 5) is 11.1. The van der Waals surface area contributed by atoms with E-state index in [0.717, 1.165) is 11.3 Å². The van der Waals surface area contributed by atoms with Crippen LogP contribution in [0.25, 0.3) is 0 Å². The first-order chi connectivity index (χ1) is 8.56. The molecule has 0 atom stereocenters. The molecule has 6 heteroatoms. The van der Waals surface area contributed by atoms with Gasteiger partial charge in [-0.2, -0.15) is 0 Å². The van der Waals surface area contributed by atoms with Gasteiger partial charge in [0.1, 0.15) is 23.1 Å². The van der Waals surface area contributed by atoms with Crippen molar-refractivity contribution in [3.05, 3.63) is 50.4 Å². The van der Waals surface area contributed by atoms with Gasteiger partial charge in [0.05, 0.1) is 0 Å². The second kappa shape index (κ2) is 5.49. The molecular formula is C12H8BrFO3S. The third-order valence-corrected chi connectivity index (χ3v) is 3.57. The number of thiophene rings is 1. The lowest BCUT2D eigenvalue weighted by Crippen LogP contribution is -2.01. The van der Waals surface area contributed by atoms with E-state index in [2.05, 4.69) is 15.9 Å². The lowest BCUT2D eigenvalue weighted by Gasteiger charge is -2.06. The zero-order valence-electron chi connectivity index (χ0n) is 9.02. The summed E-state index contributed by atoms with van der Waals surface area (Å²) in [6, 6.07) is 5.87. The number of carbonyl (C=O) groups is 1. The SMILES string of the molecule is O=C(O)c1sccc1COc1cc(F)cc(Br)c1. The number of halogens is 2. The van der Waals surface area contributed by atoms with E-state index >= 15 is 0 Å². The van der Waals surface area contributed by atoms with Gasteiger partial charge in [0.2, 0.25) is 0 Å². The lowest BCUT2D eigenvalue weighted by atomic mass is 10.2. The van der Waals surface area contributed by atoms with Gasteiger partial charge in [0.15, 0.2) is 0 Å². The van der Waals surface area contributed by atoms with E-state index < -0.39 is 11.8 Å². The minimum Gasteiger partial charge on any atom is -0.489 e. The maximum atomic E-state index is 13.1. The Labute approximate surface area is 115 Å². The van der Waals surface area contributed by atoms with Crippen LogP contribution in [0.1, 0.15) is 15.2 Å². The van der Waals surface area contributed by atoms with Crippen molar-refractivity contribution in [1.82, 2.24) is 0 Å². The fourth-order valence-electron chi connectivity index (χ4n) is 1.41. The maximum Gasteiger partial charge on any atom is 0.346 e. The van der Waals surface area contributed by atoms with Crippen LogP contribution < -0.4 is 4.74 Å². The van der Waals surface area contributed by atoms with Gasteiger partial charge in [0.25, 0.3) is 0 Å². The van der Waals surface area contributed by atoms with Crippen LogP contribution in [0, 0.1) is 5.82 Å². The van der Waals surface area contributed by atoms with Crippen LogP contribution in [-0.4, -0.2) is 11.1 Å². The van der Waals surface area contributed by atoms with Crippen LogP contribution in [0.2, 0.25) is 0 Å². The lowest BCUT2D eigenvalue weighted by molar-refractivity contribution is 0.0699. The summed E-state index contributed by atoms with van der Waals surface area (Å²) in [6.07, 6.45) is 0. The maximum absolute atomic E-state index is 13.1. The highest BCUT2D eigenvalue weighted by Gasteiger charge is 2.12. The number of benzene rings is 1. The first-order valence-corrected chi connectivity index (χ1v) is 6.62. The number of carboxylic acid groups (broad SMARTS) is 1. The second-order valence-corrected chi connectivity index (χ2v) is 5.31. The molecule has 0 bridgehead atoms. The summed E-state index contributed by atoms with van der Waals surface area (Å²) in [5, 5.41) is 10.6. The number of hydrogen-bond acceptors (Lipinski definition) is 3. The molecule has 0 radical (unpaired) electrons. The Morgan fingerprint density at radius 1 is 1.44 bits per heavy atom. The van der Waals surface area contributed by atoms with Crippen molar-refractivity contribution in [3.63, 3.8) is 0 Å². The molecule has 0 unspecified atom stereocenters. The molecule has 0 aliphatic rings. The third-order valence-electron chi connectivity index (χ3n) is 2.17. The molecule has 94 valence electrons.